The summed E-state index contributed by atoms with van der Waals surface area (Å²) in [7, 11) is 0. The molecule has 1 heterocycles. The van der Waals surface area contributed by atoms with Crippen molar-refractivity contribution in [1.82, 2.24) is 4.90 Å². The largest absolute Gasteiger partial charge is 0.492 e. The first-order chi connectivity index (χ1) is 21.8. The molecule has 1 saturated heterocycles. The van der Waals surface area contributed by atoms with Crippen molar-refractivity contribution in [3.8, 4) is 28.4 Å². The Morgan fingerprint density at radius 1 is 0.933 bits per heavy atom. The van der Waals surface area contributed by atoms with Crippen molar-refractivity contribution in [3.63, 3.8) is 0 Å². The Bertz CT molecular complexity index is 1620. The number of halogens is 2. The number of piperidine rings is 1. The fourth-order valence-electron chi connectivity index (χ4n) is 5.16. The molecule has 5 N–H and O–H groups in total. The molecular weight excluding hydrogens is 615 g/mol. The zero-order valence-electron chi connectivity index (χ0n) is 24.7. The van der Waals surface area contributed by atoms with Gasteiger partial charge in [0.15, 0.2) is 0 Å². The third-order valence-electron chi connectivity index (χ3n) is 7.74. The van der Waals surface area contributed by atoms with Crippen LogP contribution < -0.4 is 19.9 Å². The van der Waals surface area contributed by atoms with Crippen LogP contribution in [0.3, 0.4) is 0 Å². The number of nitrogens with one attached hydrogen (secondary N) is 1. The molecule has 3 aromatic rings. The Kier molecular flexibility index (Phi) is 11.2. The molecule has 5 rings (SSSR count). The normalized spacial score (nSPS) is 16.6. The molecule has 45 heavy (non-hydrogen) atoms. The van der Waals surface area contributed by atoms with E-state index in [-0.39, 0.29) is 37.3 Å². The lowest BCUT2D eigenvalue weighted by Crippen LogP contribution is -2.38. The molecule has 1 aliphatic heterocycles. The molecule has 0 aromatic heterocycles. The quantitative estimate of drug-likeness (QED) is 0.103. The highest BCUT2D eigenvalue weighted by atomic mass is 35.5. The minimum absolute atomic E-state index is 0.0891. The van der Waals surface area contributed by atoms with Crippen molar-refractivity contribution in [2.75, 3.05) is 32.8 Å². The van der Waals surface area contributed by atoms with E-state index in [4.69, 9.17) is 53.8 Å². The lowest BCUT2D eigenvalue weighted by atomic mass is 10.0. The second kappa shape index (κ2) is 15.4. The first-order valence-electron chi connectivity index (χ1n) is 14.7. The van der Waals surface area contributed by atoms with E-state index in [0.29, 0.717) is 33.7 Å². The van der Waals surface area contributed by atoms with Gasteiger partial charge in [-0.05, 0) is 54.3 Å². The Morgan fingerprint density at radius 3 is 2.47 bits per heavy atom. The van der Waals surface area contributed by atoms with Crippen LogP contribution >= 0.6 is 23.2 Å². The van der Waals surface area contributed by atoms with Gasteiger partial charge in [0.2, 0.25) is 0 Å². The summed E-state index contributed by atoms with van der Waals surface area (Å²) in [6, 6.07) is 17.1. The van der Waals surface area contributed by atoms with E-state index >= 15 is 0 Å². The number of aliphatic hydroxyl groups is 1. The number of benzene rings is 3. The van der Waals surface area contributed by atoms with E-state index in [2.05, 4.69) is 10.1 Å². The van der Waals surface area contributed by atoms with Crippen molar-refractivity contribution in [3.05, 3.63) is 99.6 Å². The summed E-state index contributed by atoms with van der Waals surface area (Å²) in [6.45, 7) is 3.70. The maximum absolute atomic E-state index is 9.72. The van der Waals surface area contributed by atoms with Gasteiger partial charge >= 0.3 is 0 Å². The monoisotopic (exact) mass is 650 g/mol. The van der Waals surface area contributed by atoms with Crippen LogP contribution in [0.15, 0.2) is 83.6 Å². The van der Waals surface area contributed by atoms with Gasteiger partial charge in [0.25, 0.3) is 0 Å². The second-order valence-electron chi connectivity index (χ2n) is 10.9. The number of ether oxygens (including phenoxy) is 3. The molecule has 0 amide bonds. The number of hydrogen-bond acceptors (Lipinski definition) is 9. The highest BCUT2D eigenvalue weighted by Gasteiger charge is 2.17. The molecule has 236 valence electrons. The molecule has 0 atom stereocenters. The Morgan fingerprint density at radius 2 is 1.71 bits per heavy atom. The highest BCUT2D eigenvalue weighted by Crippen LogP contribution is 2.36. The van der Waals surface area contributed by atoms with E-state index in [1.807, 2.05) is 42.5 Å². The summed E-state index contributed by atoms with van der Waals surface area (Å²) >= 11 is 13.4. The maximum Gasteiger partial charge on any atom is 0.142 e. The average molecular weight is 652 g/mol. The minimum Gasteiger partial charge on any atom is -0.492 e. The van der Waals surface area contributed by atoms with Crippen LogP contribution in [0.25, 0.3) is 11.1 Å². The van der Waals surface area contributed by atoms with E-state index in [0.717, 1.165) is 60.5 Å². The SMILES string of the molecule is N=C1C=C(COc2cc(OCc3cccc(-c4cccc(OCCN5CCC(O)CC5)c4)c3Cl)c(Cl)cc2CN)C=C/C1=N/O. The van der Waals surface area contributed by atoms with E-state index in [1.165, 1.54) is 0 Å². The number of nitrogens with zero attached hydrogens (tertiary/aromatic N) is 2. The Balaban J connectivity index is 1.24. The van der Waals surface area contributed by atoms with E-state index in [9.17, 15) is 5.11 Å². The first-order valence-corrected chi connectivity index (χ1v) is 15.5. The molecule has 3 aromatic carbocycles. The second-order valence-corrected chi connectivity index (χ2v) is 11.6. The number of aliphatic hydroxyl groups excluding tert-OH is 1. The lowest BCUT2D eigenvalue weighted by molar-refractivity contribution is 0.0755. The number of likely N-dealkylation sites (tertiary alicyclic amines) is 1. The molecule has 0 unspecified atom stereocenters. The molecule has 2 aliphatic rings. The summed E-state index contributed by atoms with van der Waals surface area (Å²) in [5.74, 6) is 1.69. The van der Waals surface area contributed by atoms with Gasteiger partial charge in [-0.3, -0.25) is 10.3 Å². The maximum atomic E-state index is 9.72. The highest BCUT2D eigenvalue weighted by molar-refractivity contribution is 6.50. The average Bonchev–Trinajstić information content (AvgIpc) is 3.05. The van der Waals surface area contributed by atoms with Crippen molar-refractivity contribution in [1.29, 1.82) is 5.41 Å². The third-order valence-corrected chi connectivity index (χ3v) is 8.48. The minimum atomic E-state index is -0.186. The zero-order valence-corrected chi connectivity index (χ0v) is 26.2. The number of oxime groups is 1. The van der Waals surface area contributed by atoms with Gasteiger partial charge in [-0.25, -0.2) is 0 Å². The van der Waals surface area contributed by atoms with Crippen molar-refractivity contribution < 1.29 is 24.5 Å². The lowest BCUT2D eigenvalue weighted by Gasteiger charge is -2.29. The van der Waals surface area contributed by atoms with E-state index < -0.39 is 0 Å². The predicted octanol–water partition coefficient (Wildman–Crippen LogP) is 6.26. The molecule has 0 bridgehead atoms. The van der Waals surface area contributed by atoms with Gasteiger partial charge in [0.05, 0.1) is 21.9 Å². The molecule has 1 fully saturated rings. The fourth-order valence-corrected chi connectivity index (χ4v) is 5.69. The zero-order chi connectivity index (χ0) is 31.8. The number of hydrogen-bond donors (Lipinski definition) is 4. The molecule has 0 radical (unpaired) electrons. The van der Waals surface area contributed by atoms with Crippen LogP contribution in [0.4, 0.5) is 0 Å². The summed E-state index contributed by atoms with van der Waals surface area (Å²) in [5.41, 5.74) is 10.2. The first kappa shape index (κ1) is 32.5. The van der Waals surface area contributed by atoms with Gasteiger partial charge in [0.1, 0.15) is 42.8 Å². The topological polar surface area (TPSA) is 134 Å². The van der Waals surface area contributed by atoms with Crippen LogP contribution in [-0.4, -0.2) is 65.6 Å². The van der Waals surface area contributed by atoms with Crippen LogP contribution in [0.1, 0.15) is 24.0 Å². The van der Waals surface area contributed by atoms with Crippen LogP contribution in [0, 0.1) is 5.41 Å². The van der Waals surface area contributed by atoms with Gasteiger partial charge in [-0.1, -0.05) is 64.8 Å². The summed E-state index contributed by atoms with van der Waals surface area (Å²) in [4.78, 5) is 2.31. The van der Waals surface area contributed by atoms with Crippen LogP contribution in [-0.2, 0) is 13.2 Å². The fraction of sp³-hybridized carbons (Fsp3) is 0.294. The van der Waals surface area contributed by atoms with Crippen molar-refractivity contribution in [2.24, 2.45) is 10.9 Å². The van der Waals surface area contributed by atoms with Crippen LogP contribution in [0.2, 0.25) is 10.0 Å². The number of rotatable bonds is 12. The molecular formula is C34H36Cl2N4O5. The predicted molar refractivity (Wildman–Crippen MR) is 177 cm³/mol. The van der Waals surface area contributed by atoms with Gasteiger partial charge in [-0.2, -0.15) is 0 Å². The summed E-state index contributed by atoms with van der Waals surface area (Å²) < 4.78 is 18.2. The third kappa shape index (κ3) is 8.45. The standard InChI is InChI=1S/C34H36Cl2N4O5/c35-29-17-25(19-37)32(44-20-22-7-8-31(39-42)30(38)15-22)18-33(29)45-21-24-4-2-6-28(34(24)36)23-3-1-5-27(16-23)43-14-13-40-11-9-26(41)10-12-40/h1-8,15-18,26,38,41-42H,9-14,19-21,37H2/b38-30?,39-31-. The van der Waals surface area contributed by atoms with Gasteiger partial charge in [-0.15, -0.1) is 0 Å². The van der Waals surface area contributed by atoms with Crippen molar-refractivity contribution in [2.45, 2.75) is 32.1 Å². The van der Waals surface area contributed by atoms with Crippen LogP contribution in [0.5, 0.6) is 17.2 Å². The summed E-state index contributed by atoms with van der Waals surface area (Å²) in [6.07, 6.45) is 6.27. The molecule has 11 heteroatoms. The number of allylic oxidation sites excluding steroid dienone is 2. The molecule has 0 spiro atoms. The van der Waals surface area contributed by atoms with E-state index in [1.54, 1.807) is 30.4 Å². The molecule has 0 saturated carbocycles. The van der Waals surface area contributed by atoms with Crippen molar-refractivity contribution >= 4 is 34.6 Å². The molecule has 1 aliphatic carbocycles. The smallest absolute Gasteiger partial charge is 0.142 e. The Hall–Kier alpha value is -3.86. The van der Waals surface area contributed by atoms with Gasteiger partial charge < -0.3 is 30.3 Å². The Labute approximate surface area is 272 Å². The summed E-state index contributed by atoms with van der Waals surface area (Å²) in [5, 5.41) is 30.7. The van der Waals surface area contributed by atoms with Gasteiger partial charge in [0, 0.05) is 48.9 Å². The molecule has 9 nitrogen and oxygen atoms in total. The number of nitrogens with two attached hydrogens (primary N) is 1.